The Morgan fingerprint density at radius 1 is 0.733 bits per heavy atom. The van der Waals surface area contributed by atoms with E-state index < -0.39 is 33.5 Å². The van der Waals surface area contributed by atoms with Gasteiger partial charge < -0.3 is 10.6 Å². The number of anilines is 3. The molecule has 0 radical (unpaired) electrons. The molecule has 3 N–H and O–H groups in total. The zero-order valence-corrected chi connectivity index (χ0v) is 16.1. The fourth-order valence-electron chi connectivity index (χ4n) is 2.56. The minimum atomic E-state index is -4.71. The highest BCUT2D eigenvalue weighted by atomic mass is 32.2. The van der Waals surface area contributed by atoms with Gasteiger partial charge in [-0.25, -0.2) is 13.2 Å². The molecule has 0 bridgehead atoms. The molecule has 3 rings (SSSR count). The summed E-state index contributed by atoms with van der Waals surface area (Å²) in [7, 11) is -4.27. The minimum Gasteiger partial charge on any atom is -0.308 e. The van der Waals surface area contributed by atoms with E-state index in [1.54, 1.807) is 30.3 Å². The van der Waals surface area contributed by atoms with Crippen molar-refractivity contribution >= 4 is 33.1 Å². The molecular weight excluding hydrogens is 419 g/mol. The van der Waals surface area contributed by atoms with Gasteiger partial charge in [0.15, 0.2) is 0 Å². The van der Waals surface area contributed by atoms with Gasteiger partial charge in [0, 0.05) is 11.4 Å². The first-order valence-corrected chi connectivity index (χ1v) is 10.1. The van der Waals surface area contributed by atoms with Crippen LogP contribution in [0, 0.1) is 0 Å². The van der Waals surface area contributed by atoms with Crippen molar-refractivity contribution < 1.29 is 26.4 Å². The van der Waals surface area contributed by atoms with Crippen molar-refractivity contribution in [2.45, 2.75) is 11.1 Å². The number of hydrogen-bond donors (Lipinski definition) is 3. The maximum atomic E-state index is 13.1. The summed E-state index contributed by atoms with van der Waals surface area (Å²) in [6.45, 7) is 0. The molecule has 10 heteroatoms. The lowest BCUT2D eigenvalue weighted by Gasteiger charge is -2.15. The molecule has 0 fully saturated rings. The second-order valence-electron chi connectivity index (χ2n) is 6.12. The fourth-order valence-corrected chi connectivity index (χ4v) is 3.64. The molecule has 0 atom stereocenters. The third-order valence-corrected chi connectivity index (χ3v) is 5.31. The van der Waals surface area contributed by atoms with Crippen molar-refractivity contribution in [3.05, 3.63) is 84.4 Å². The molecule has 0 aliphatic carbocycles. The zero-order valence-electron chi connectivity index (χ0n) is 15.3. The van der Waals surface area contributed by atoms with Crippen molar-refractivity contribution in [1.82, 2.24) is 0 Å². The predicted octanol–water partition coefficient (Wildman–Crippen LogP) is 5.15. The highest BCUT2D eigenvalue weighted by Crippen LogP contribution is 2.35. The topological polar surface area (TPSA) is 87.3 Å². The monoisotopic (exact) mass is 435 g/mol. The highest BCUT2D eigenvalue weighted by molar-refractivity contribution is 7.92. The summed E-state index contributed by atoms with van der Waals surface area (Å²) in [6, 6.07) is 17.4. The molecule has 0 heterocycles. The molecule has 0 aliphatic rings. The van der Waals surface area contributed by atoms with E-state index in [2.05, 4.69) is 10.6 Å². The van der Waals surface area contributed by atoms with Crippen LogP contribution >= 0.6 is 0 Å². The molecule has 0 aromatic heterocycles. The van der Waals surface area contributed by atoms with E-state index in [1.807, 2.05) is 4.72 Å². The number of rotatable bonds is 5. The first-order chi connectivity index (χ1) is 14.1. The third-order valence-electron chi connectivity index (χ3n) is 3.93. The molecule has 3 aromatic carbocycles. The zero-order chi connectivity index (χ0) is 21.8. The van der Waals surface area contributed by atoms with Crippen LogP contribution < -0.4 is 15.4 Å². The van der Waals surface area contributed by atoms with Gasteiger partial charge >= 0.3 is 12.2 Å². The lowest BCUT2D eigenvalue weighted by Crippen LogP contribution is -2.19. The van der Waals surface area contributed by atoms with Crippen LogP contribution in [-0.2, 0) is 16.2 Å². The van der Waals surface area contributed by atoms with Gasteiger partial charge in [-0.05, 0) is 48.5 Å². The highest BCUT2D eigenvalue weighted by Gasteiger charge is 2.34. The third kappa shape index (κ3) is 5.29. The van der Waals surface area contributed by atoms with Crippen LogP contribution in [0.5, 0.6) is 0 Å². The summed E-state index contributed by atoms with van der Waals surface area (Å²) in [6.07, 6.45) is -4.71. The second kappa shape index (κ2) is 8.46. The molecule has 3 aromatic rings. The van der Waals surface area contributed by atoms with Crippen LogP contribution in [0.1, 0.15) is 5.56 Å². The van der Waals surface area contributed by atoms with Gasteiger partial charge in [0.2, 0.25) is 0 Å². The van der Waals surface area contributed by atoms with Crippen LogP contribution in [0.2, 0.25) is 0 Å². The number of urea groups is 1. The summed E-state index contributed by atoms with van der Waals surface area (Å²) < 4.78 is 66.1. The van der Waals surface area contributed by atoms with Crippen molar-refractivity contribution in [3.8, 4) is 0 Å². The van der Waals surface area contributed by atoms with E-state index in [-0.39, 0.29) is 4.90 Å². The Labute approximate surface area is 170 Å². The normalized spacial score (nSPS) is 11.6. The quantitative estimate of drug-likeness (QED) is 0.518. The number of nitrogens with one attached hydrogen (secondary N) is 3. The number of para-hydroxylation sites is 2. The van der Waals surface area contributed by atoms with Crippen molar-refractivity contribution in [3.63, 3.8) is 0 Å². The molecule has 0 unspecified atom stereocenters. The van der Waals surface area contributed by atoms with E-state index in [0.29, 0.717) is 11.4 Å². The number of benzene rings is 3. The predicted molar refractivity (Wildman–Crippen MR) is 108 cm³/mol. The van der Waals surface area contributed by atoms with Gasteiger partial charge in [-0.1, -0.05) is 30.3 Å². The van der Waals surface area contributed by atoms with Gasteiger partial charge in [0.05, 0.1) is 16.1 Å². The number of amides is 2. The van der Waals surface area contributed by atoms with Crippen LogP contribution in [-0.4, -0.2) is 14.4 Å². The number of sulfonamides is 1. The van der Waals surface area contributed by atoms with Crippen molar-refractivity contribution in [2.24, 2.45) is 0 Å². The maximum Gasteiger partial charge on any atom is 0.418 e. The smallest absolute Gasteiger partial charge is 0.308 e. The molecule has 0 aliphatic heterocycles. The van der Waals surface area contributed by atoms with Crippen LogP contribution in [0.25, 0.3) is 0 Å². The molecule has 0 saturated carbocycles. The molecule has 0 spiro atoms. The van der Waals surface area contributed by atoms with Gasteiger partial charge in [-0.15, -0.1) is 0 Å². The maximum absolute atomic E-state index is 13.1. The van der Waals surface area contributed by atoms with E-state index in [4.69, 9.17) is 0 Å². The Morgan fingerprint density at radius 2 is 1.27 bits per heavy atom. The molecule has 30 heavy (non-hydrogen) atoms. The number of halogens is 3. The van der Waals surface area contributed by atoms with Gasteiger partial charge in [0.25, 0.3) is 10.0 Å². The van der Waals surface area contributed by atoms with Crippen LogP contribution in [0.3, 0.4) is 0 Å². The largest absolute Gasteiger partial charge is 0.418 e. The standard InChI is InChI=1S/C20H16F3N3O3S/c21-20(22,23)17-8-4-5-9-18(17)26-30(28,29)16-12-10-15(11-13-16)25-19(27)24-14-6-2-1-3-7-14/h1-13,26H,(H2,24,25,27). The van der Waals surface area contributed by atoms with Crippen molar-refractivity contribution in [2.75, 3.05) is 15.4 Å². The average Bonchev–Trinajstić information content (AvgIpc) is 2.68. The first kappa shape index (κ1) is 21.2. The minimum absolute atomic E-state index is 0.256. The van der Waals surface area contributed by atoms with Crippen molar-refractivity contribution in [1.29, 1.82) is 0 Å². The molecule has 0 saturated heterocycles. The Kier molecular flexibility index (Phi) is 5.97. The van der Waals surface area contributed by atoms with Crippen LogP contribution in [0.4, 0.5) is 35.0 Å². The van der Waals surface area contributed by atoms with E-state index in [0.717, 1.165) is 12.1 Å². The SMILES string of the molecule is O=C(Nc1ccccc1)Nc1ccc(S(=O)(=O)Nc2ccccc2C(F)(F)F)cc1. The van der Waals surface area contributed by atoms with E-state index in [9.17, 15) is 26.4 Å². The summed E-state index contributed by atoms with van der Waals surface area (Å²) in [5.41, 5.74) is -0.793. The lowest BCUT2D eigenvalue weighted by atomic mass is 10.2. The Balaban J connectivity index is 1.72. The Morgan fingerprint density at radius 3 is 1.87 bits per heavy atom. The number of alkyl halides is 3. The van der Waals surface area contributed by atoms with Gasteiger partial charge in [-0.3, -0.25) is 4.72 Å². The van der Waals surface area contributed by atoms with E-state index >= 15 is 0 Å². The van der Waals surface area contributed by atoms with E-state index in [1.165, 1.54) is 36.4 Å². The molecule has 156 valence electrons. The summed E-state index contributed by atoms with van der Waals surface area (Å²) in [4.78, 5) is 11.7. The summed E-state index contributed by atoms with van der Waals surface area (Å²) in [5.74, 6) is 0. The summed E-state index contributed by atoms with van der Waals surface area (Å²) >= 11 is 0. The molecule has 2 amide bonds. The second-order valence-corrected chi connectivity index (χ2v) is 7.80. The number of hydrogen-bond acceptors (Lipinski definition) is 3. The lowest BCUT2D eigenvalue weighted by molar-refractivity contribution is -0.136. The summed E-state index contributed by atoms with van der Waals surface area (Å²) in [5, 5.41) is 5.13. The average molecular weight is 435 g/mol. The van der Waals surface area contributed by atoms with Gasteiger partial charge in [-0.2, -0.15) is 13.2 Å². The van der Waals surface area contributed by atoms with Crippen LogP contribution in [0.15, 0.2) is 83.8 Å². The fraction of sp³-hybridized carbons (Fsp3) is 0.0500. The number of carbonyl (C=O) groups is 1. The molecular formula is C20H16F3N3O3S. The Hall–Kier alpha value is -3.53. The van der Waals surface area contributed by atoms with Gasteiger partial charge in [0.1, 0.15) is 0 Å². The number of carbonyl (C=O) groups excluding carboxylic acids is 1. The molecule has 6 nitrogen and oxygen atoms in total. The first-order valence-electron chi connectivity index (χ1n) is 8.57. The Bertz CT molecular complexity index is 1130.